The van der Waals surface area contributed by atoms with Gasteiger partial charge >= 0.3 is 5.97 Å². The van der Waals surface area contributed by atoms with Crippen LogP contribution < -0.4 is 9.47 Å². The van der Waals surface area contributed by atoms with E-state index in [2.05, 4.69) is 0 Å². The molecule has 1 aromatic carbocycles. The van der Waals surface area contributed by atoms with Crippen LogP contribution in [0.4, 0.5) is 0 Å². The Balaban J connectivity index is 2.08. The third kappa shape index (κ3) is 4.48. The zero-order chi connectivity index (χ0) is 19.3. The van der Waals surface area contributed by atoms with Crippen molar-refractivity contribution >= 4 is 11.9 Å². The number of hydrogen-bond acceptors (Lipinski definition) is 5. The van der Waals surface area contributed by atoms with Gasteiger partial charge < -0.3 is 19.1 Å². The number of nitrogens with zero attached hydrogens (tertiary/aromatic N) is 1. The van der Waals surface area contributed by atoms with Crippen molar-refractivity contribution in [2.75, 3.05) is 13.7 Å². The molecule has 1 saturated heterocycles. The van der Waals surface area contributed by atoms with E-state index in [1.54, 1.807) is 25.1 Å². The molecule has 6 nitrogen and oxygen atoms in total. The Hall–Kier alpha value is -2.24. The number of hydrogen-bond donors (Lipinski definition) is 0. The Morgan fingerprint density at radius 3 is 2.42 bits per heavy atom. The van der Waals surface area contributed by atoms with Crippen LogP contribution in [0.1, 0.15) is 57.3 Å². The molecule has 0 spiro atoms. The molecule has 1 aromatic rings. The van der Waals surface area contributed by atoms with Gasteiger partial charge in [-0.05, 0) is 65.2 Å². The summed E-state index contributed by atoms with van der Waals surface area (Å²) < 4.78 is 16.1. The molecular weight excluding hydrogens is 334 g/mol. The van der Waals surface area contributed by atoms with Crippen LogP contribution in [-0.2, 0) is 9.53 Å². The molecule has 144 valence electrons. The molecule has 0 aromatic heterocycles. The number of amides is 1. The molecule has 3 atom stereocenters. The van der Waals surface area contributed by atoms with Crippen LogP contribution in [0, 0.1) is 0 Å². The topological polar surface area (TPSA) is 65.1 Å². The molecule has 1 heterocycles. The second kappa shape index (κ2) is 8.92. The van der Waals surface area contributed by atoms with E-state index < -0.39 is 12.1 Å². The lowest BCUT2D eigenvalue weighted by Crippen LogP contribution is -2.51. The fourth-order valence-electron chi connectivity index (χ4n) is 3.42. The number of carbonyl (C=O) groups is 2. The second-order valence-corrected chi connectivity index (χ2v) is 6.72. The number of benzene rings is 1. The van der Waals surface area contributed by atoms with Crippen LogP contribution in [-0.4, -0.2) is 48.7 Å². The molecule has 1 amide bonds. The Bertz CT molecular complexity index is 635. The van der Waals surface area contributed by atoms with Crippen molar-refractivity contribution in [1.29, 1.82) is 0 Å². The van der Waals surface area contributed by atoms with Gasteiger partial charge in [0.1, 0.15) is 0 Å². The van der Waals surface area contributed by atoms with E-state index in [1.165, 1.54) is 7.11 Å². The van der Waals surface area contributed by atoms with Crippen LogP contribution >= 0.6 is 0 Å². The molecule has 0 radical (unpaired) electrons. The van der Waals surface area contributed by atoms with Crippen LogP contribution in [0.25, 0.3) is 0 Å². The largest absolute Gasteiger partial charge is 0.493 e. The number of rotatable bonds is 6. The Morgan fingerprint density at radius 1 is 1.19 bits per heavy atom. The van der Waals surface area contributed by atoms with Crippen molar-refractivity contribution in [3.63, 3.8) is 0 Å². The zero-order valence-electron chi connectivity index (χ0n) is 16.3. The van der Waals surface area contributed by atoms with Crippen LogP contribution in [0.2, 0.25) is 0 Å². The monoisotopic (exact) mass is 363 g/mol. The van der Waals surface area contributed by atoms with Gasteiger partial charge in [-0.25, -0.2) is 4.79 Å². The normalized spacial score (nSPS) is 21.0. The average molecular weight is 363 g/mol. The number of likely N-dealkylation sites (tertiary alicyclic amines) is 1. The second-order valence-electron chi connectivity index (χ2n) is 6.72. The summed E-state index contributed by atoms with van der Waals surface area (Å²) >= 11 is 0. The average Bonchev–Trinajstić information content (AvgIpc) is 2.61. The standard InChI is InChI=1S/C20H29NO5/c1-6-25-18-12-16(10-11-17(18)24-5)20(23)26-15(4)19(22)21-13(2)8-7-9-14(21)3/h10-15H,6-9H2,1-5H3/t13-,14-,15+/m0/s1. The first-order valence-electron chi connectivity index (χ1n) is 9.23. The summed E-state index contributed by atoms with van der Waals surface area (Å²) in [5.41, 5.74) is 0.327. The van der Waals surface area contributed by atoms with Gasteiger partial charge in [-0.15, -0.1) is 0 Å². The number of ether oxygens (including phenoxy) is 3. The highest BCUT2D eigenvalue weighted by atomic mass is 16.5. The van der Waals surface area contributed by atoms with Gasteiger partial charge in [0, 0.05) is 12.1 Å². The predicted octanol–water partition coefficient (Wildman–Crippen LogP) is 3.43. The molecule has 6 heteroatoms. The van der Waals surface area contributed by atoms with E-state index in [9.17, 15) is 9.59 Å². The van der Waals surface area contributed by atoms with Gasteiger partial charge in [0.25, 0.3) is 5.91 Å². The molecular formula is C20H29NO5. The van der Waals surface area contributed by atoms with Gasteiger partial charge in [-0.2, -0.15) is 0 Å². The van der Waals surface area contributed by atoms with E-state index in [4.69, 9.17) is 14.2 Å². The molecule has 1 aliphatic rings. The summed E-state index contributed by atoms with van der Waals surface area (Å²) in [5.74, 6) is 0.327. The maximum atomic E-state index is 12.8. The summed E-state index contributed by atoms with van der Waals surface area (Å²) in [6, 6.07) is 5.17. The van der Waals surface area contributed by atoms with E-state index in [0.717, 1.165) is 19.3 Å². The summed E-state index contributed by atoms with van der Waals surface area (Å²) in [6.07, 6.45) is 2.25. The summed E-state index contributed by atoms with van der Waals surface area (Å²) in [4.78, 5) is 27.1. The van der Waals surface area contributed by atoms with Gasteiger partial charge in [-0.1, -0.05) is 0 Å². The molecule has 0 saturated carbocycles. The minimum atomic E-state index is -0.830. The Kier molecular flexibility index (Phi) is 6.89. The number of methoxy groups -OCH3 is 1. The first-order chi connectivity index (χ1) is 12.4. The fourth-order valence-corrected chi connectivity index (χ4v) is 3.42. The van der Waals surface area contributed by atoms with Crippen molar-refractivity contribution < 1.29 is 23.8 Å². The van der Waals surface area contributed by atoms with Crippen LogP contribution in [0.5, 0.6) is 11.5 Å². The number of esters is 1. The van der Waals surface area contributed by atoms with Crippen LogP contribution in [0.3, 0.4) is 0 Å². The van der Waals surface area contributed by atoms with E-state index >= 15 is 0 Å². The third-order valence-corrected chi connectivity index (χ3v) is 4.78. The predicted molar refractivity (Wildman–Crippen MR) is 98.7 cm³/mol. The van der Waals surface area contributed by atoms with Crippen molar-refractivity contribution in [2.45, 2.75) is 65.1 Å². The highest BCUT2D eigenvalue weighted by molar-refractivity contribution is 5.93. The molecule has 0 N–H and O–H groups in total. The van der Waals surface area contributed by atoms with Crippen molar-refractivity contribution in [3.05, 3.63) is 23.8 Å². The SMILES string of the molecule is CCOc1cc(C(=O)O[C@H](C)C(=O)N2[C@@H](C)CCC[C@@H]2C)ccc1OC. The first kappa shape index (κ1) is 20.1. The molecule has 2 rings (SSSR count). The summed E-state index contributed by atoms with van der Waals surface area (Å²) in [5, 5.41) is 0. The lowest BCUT2D eigenvalue weighted by Gasteiger charge is -2.40. The lowest BCUT2D eigenvalue weighted by molar-refractivity contribution is -0.146. The van der Waals surface area contributed by atoms with E-state index in [-0.39, 0.29) is 18.0 Å². The van der Waals surface area contributed by atoms with Gasteiger partial charge in [0.05, 0.1) is 19.3 Å². The van der Waals surface area contributed by atoms with Gasteiger partial charge in [0.15, 0.2) is 17.6 Å². The molecule has 0 aliphatic carbocycles. The fraction of sp³-hybridized carbons (Fsp3) is 0.600. The zero-order valence-corrected chi connectivity index (χ0v) is 16.3. The smallest absolute Gasteiger partial charge is 0.339 e. The van der Waals surface area contributed by atoms with Crippen LogP contribution in [0.15, 0.2) is 18.2 Å². The highest BCUT2D eigenvalue weighted by Crippen LogP contribution is 2.29. The highest BCUT2D eigenvalue weighted by Gasteiger charge is 2.33. The van der Waals surface area contributed by atoms with E-state index in [1.807, 2.05) is 25.7 Å². The molecule has 26 heavy (non-hydrogen) atoms. The quantitative estimate of drug-likeness (QED) is 0.725. The summed E-state index contributed by atoms with van der Waals surface area (Å²) in [6.45, 7) is 8.02. The third-order valence-electron chi connectivity index (χ3n) is 4.78. The van der Waals surface area contributed by atoms with Gasteiger partial charge in [-0.3, -0.25) is 4.79 Å². The maximum absolute atomic E-state index is 12.8. The van der Waals surface area contributed by atoms with Gasteiger partial charge in [0.2, 0.25) is 0 Å². The number of carbonyl (C=O) groups excluding carboxylic acids is 2. The molecule has 1 aliphatic heterocycles. The Labute approximate surface area is 155 Å². The first-order valence-corrected chi connectivity index (χ1v) is 9.23. The summed E-state index contributed by atoms with van der Waals surface area (Å²) in [7, 11) is 1.54. The number of piperidine rings is 1. The lowest BCUT2D eigenvalue weighted by atomic mass is 9.97. The van der Waals surface area contributed by atoms with Crippen molar-refractivity contribution in [3.8, 4) is 11.5 Å². The van der Waals surface area contributed by atoms with Crippen molar-refractivity contribution in [1.82, 2.24) is 4.90 Å². The Morgan fingerprint density at radius 2 is 1.85 bits per heavy atom. The maximum Gasteiger partial charge on any atom is 0.339 e. The van der Waals surface area contributed by atoms with E-state index in [0.29, 0.717) is 23.7 Å². The minimum absolute atomic E-state index is 0.142. The molecule has 0 bridgehead atoms. The molecule has 1 fully saturated rings. The molecule has 0 unspecified atom stereocenters. The van der Waals surface area contributed by atoms with Crippen molar-refractivity contribution in [2.24, 2.45) is 0 Å². The minimum Gasteiger partial charge on any atom is -0.493 e.